The molecule has 224 valence electrons. The second-order valence-electron chi connectivity index (χ2n) is 15.5. The third-order valence-electron chi connectivity index (χ3n) is 9.48. The van der Waals surface area contributed by atoms with Crippen LogP contribution in [0.4, 0.5) is 0 Å². The number of rotatable bonds is 12. The Kier molecular flexibility index (Phi) is 9.56. The molecular formula is C32H55NO6. The van der Waals surface area contributed by atoms with Gasteiger partial charge in [-0.05, 0) is 138 Å². The number of ether oxygens (including phenoxy) is 3. The molecule has 39 heavy (non-hydrogen) atoms. The van der Waals surface area contributed by atoms with Gasteiger partial charge in [-0.15, -0.1) is 0 Å². The van der Waals surface area contributed by atoms with Crippen molar-refractivity contribution in [2.75, 3.05) is 27.2 Å². The predicted molar refractivity (Wildman–Crippen MR) is 152 cm³/mol. The summed E-state index contributed by atoms with van der Waals surface area (Å²) in [7, 11) is 3.86. The average Bonchev–Trinajstić information content (AvgIpc) is 2.78. The summed E-state index contributed by atoms with van der Waals surface area (Å²) in [5.41, 5.74) is -3.55. The molecule has 0 heterocycles. The summed E-state index contributed by atoms with van der Waals surface area (Å²) in [6, 6.07) is 0. The fourth-order valence-corrected chi connectivity index (χ4v) is 7.71. The van der Waals surface area contributed by atoms with Crippen molar-refractivity contribution in [1.82, 2.24) is 4.90 Å². The van der Waals surface area contributed by atoms with Crippen LogP contribution in [0.15, 0.2) is 0 Å². The average molecular weight is 550 g/mol. The number of carbonyl (C=O) groups excluding carboxylic acids is 3. The first-order chi connectivity index (χ1) is 17.9. The van der Waals surface area contributed by atoms with Gasteiger partial charge >= 0.3 is 17.9 Å². The van der Waals surface area contributed by atoms with Gasteiger partial charge in [0.1, 0.15) is 18.3 Å². The largest absolute Gasteiger partial charge is 0.464 e. The Balaban J connectivity index is 1.85. The molecule has 2 unspecified atom stereocenters. The predicted octanol–water partition coefficient (Wildman–Crippen LogP) is 6.03. The number of hydrogen-bond donors (Lipinski definition) is 0. The second-order valence-corrected chi connectivity index (χ2v) is 15.5. The standard InChI is InChI=1S/C32H55NO6/c1-11-31(7,28(36)39-29(2,3)4)20-32(8,19-30(5,6)26(34)37-13-12-33(9)10)27(35)38-25-23-15-21-14-22(17-23)18-24(25)16-21/h21-25H,11-20H2,1-10H3. The number of hydrogen-bond acceptors (Lipinski definition) is 7. The van der Waals surface area contributed by atoms with E-state index >= 15 is 0 Å². The van der Waals surface area contributed by atoms with E-state index < -0.39 is 21.8 Å². The van der Waals surface area contributed by atoms with Crippen molar-refractivity contribution < 1.29 is 28.6 Å². The third-order valence-corrected chi connectivity index (χ3v) is 9.48. The highest BCUT2D eigenvalue weighted by molar-refractivity contribution is 5.83. The van der Waals surface area contributed by atoms with E-state index in [4.69, 9.17) is 14.2 Å². The zero-order chi connectivity index (χ0) is 29.4. The molecule has 0 aromatic heterocycles. The van der Waals surface area contributed by atoms with Crippen LogP contribution in [0.1, 0.15) is 107 Å². The van der Waals surface area contributed by atoms with Crippen molar-refractivity contribution in [3.8, 4) is 0 Å². The number of likely N-dealkylation sites (N-methyl/N-ethyl adjacent to an activating group) is 1. The van der Waals surface area contributed by atoms with Crippen molar-refractivity contribution in [1.29, 1.82) is 0 Å². The van der Waals surface area contributed by atoms with Crippen LogP contribution < -0.4 is 0 Å². The first kappa shape index (κ1) is 31.9. The summed E-state index contributed by atoms with van der Waals surface area (Å²) in [4.78, 5) is 42.8. The Labute approximate surface area is 237 Å². The summed E-state index contributed by atoms with van der Waals surface area (Å²) in [6.45, 7) is 15.8. The summed E-state index contributed by atoms with van der Waals surface area (Å²) in [6.07, 6.45) is 6.85. The van der Waals surface area contributed by atoms with Gasteiger partial charge in [0.15, 0.2) is 0 Å². The van der Waals surface area contributed by atoms with Crippen LogP contribution in [-0.2, 0) is 28.6 Å². The maximum atomic E-state index is 14.2. The lowest BCUT2D eigenvalue weighted by atomic mass is 9.55. The van der Waals surface area contributed by atoms with Crippen molar-refractivity contribution in [2.24, 2.45) is 39.9 Å². The summed E-state index contributed by atoms with van der Waals surface area (Å²) < 4.78 is 17.9. The second kappa shape index (κ2) is 11.7. The van der Waals surface area contributed by atoms with E-state index in [0.29, 0.717) is 24.8 Å². The van der Waals surface area contributed by atoms with Gasteiger partial charge in [0.05, 0.1) is 16.2 Å². The normalized spacial score (nSPS) is 29.5. The molecule has 0 aromatic rings. The van der Waals surface area contributed by atoms with Gasteiger partial charge in [-0.25, -0.2) is 0 Å². The van der Waals surface area contributed by atoms with Crippen molar-refractivity contribution in [2.45, 2.75) is 118 Å². The van der Waals surface area contributed by atoms with E-state index in [9.17, 15) is 14.4 Å². The molecule has 4 aliphatic carbocycles. The minimum Gasteiger partial charge on any atom is -0.464 e. The lowest BCUT2D eigenvalue weighted by Crippen LogP contribution is -2.52. The van der Waals surface area contributed by atoms with Gasteiger partial charge in [0.2, 0.25) is 0 Å². The topological polar surface area (TPSA) is 82.1 Å². The molecule has 4 aliphatic rings. The van der Waals surface area contributed by atoms with Crippen LogP contribution in [-0.4, -0.2) is 61.8 Å². The van der Waals surface area contributed by atoms with E-state index in [1.165, 1.54) is 6.42 Å². The Morgan fingerprint density at radius 1 is 0.744 bits per heavy atom. The first-order valence-electron chi connectivity index (χ1n) is 15.1. The molecule has 2 atom stereocenters. The van der Waals surface area contributed by atoms with Crippen LogP contribution in [0.3, 0.4) is 0 Å². The molecule has 0 amide bonds. The van der Waals surface area contributed by atoms with Crippen LogP contribution in [0.2, 0.25) is 0 Å². The first-order valence-corrected chi connectivity index (χ1v) is 15.1. The molecule has 4 fully saturated rings. The van der Waals surface area contributed by atoms with E-state index in [0.717, 1.165) is 37.5 Å². The molecule has 4 bridgehead atoms. The Morgan fingerprint density at radius 3 is 1.74 bits per heavy atom. The summed E-state index contributed by atoms with van der Waals surface area (Å²) in [5, 5.41) is 0. The van der Waals surface area contributed by atoms with Crippen molar-refractivity contribution in [3.63, 3.8) is 0 Å². The quantitative estimate of drug-likeness (QED) is 0.217. The highest BCUT2D eigenvalue weighted by atomic mass is 16.6. The molecule has 0 N–H and O–H groups in total. The maximum absolute atomic E-state index is 14.2. The van der Waals surface area contributed by atoms with Gasteiger partial charge in [-0.3, -0.25) is 14.4 Å². The van der Waals surface area contributed by atoms with Crippen molar-refractivity contribution in [3.05, 3.63) is 0 Å². The molecule has 0 aromatic carbocycles. The van der Waals surface area contributed by atoms with E-state index in [2.05, 4.69) is 0 Å². The smallest absolute Gasteiger partial charge is 0.312 e. The minimum absolute atomic E-state index is 0.0609. The van der Waals surface area contributed by atoms with Gasteiger partial charge in [0.25, 0.3) is 0 Å². The van der Waals surface area contributed by atoms with Crippen molar-refractivity contribution >= 4 is 17.9 Å². The van der Waals surface area contributed by atoms with Crippen LogP contribution in [0, 0.1) is 39.9 Å². The van der Waals surface area contributed by atoms with Gasteiger partial charge in [-0.1, -0.05) is 6.92 Å². The molecule has 0 radical (unpaired) electrons. The molecule has 0 aliphatic heterocycles. The molecule has 4 saturated carbocycles. The number of carbonyl (C=O) groups is 3. The Bertz CT molecular complexity index is 877. The van der Waals surface area contributed by atoms with Gasteiger partial charge in [-0.2, -0.15) is 0 Å². The number of nitrogens with zero attached hydrogens (tertiary/aromatic N) is 1. The van der Waals surface area contributed by atoms with E-state index in [-0.39, 0.29) is 43.5 Å². The highest BCUT2D eigenvalue weighted by Crippen LogP contribution is 2.55. The van der Waals surface area contributed by atoms with Gasteiger partial charge in [0, 0.05) is 6.54 Å². The van der Waals surface area contributed by atoms with Gasteiger partial charge < -0.3 is 19.1 Å². The van der Waals surface area contributed by atoms with E-state index in [1.54, 1.807) is 0 Å². The van der Waals surface area contributed by atoms with Crippen LogP contribution in [0.25, 0.3) is 0 Å². The number of esters is 3. The molecule has 4 rings (SSSR count). The molecular weight excluding hydrogens is 494 g/mol. The molecule has 7 heteroatoms. The SMILES string of the molecule is CCC(C)(CC(C)(CC(C)(C)C(=O)OCCN(C)C)C(=O)OC1C2CC3CC(C2)CC1C3)C(=O)OC(C)(C)C. The lowest BCUT2D eigenvalue weighted by Gasteiger charge is -2.54. The zero-order valence-electron chi connectivity index (χ0n) is 26.4. The molecule has 0 saturated heterocycles. The zero-order valence-corrected chi connectivity index (χ0v) is 26.4. The Morgan fingerprint density at radius 2 is 1.28 bits per heavy atom. The highest BCUT2D eigenvalue weighted by Gasteiger charge is 2.54. The third kappa shape index (κ3) is 7.77. The maximum Gasteiger partial charge on any atom is 0.312 e. The molecule has 7 nitrogen and oxygen atoms in total. The lowest BCUT2D eigenvalue weighted by molar-refractivity contribution is -0.188. The summed E-state index contributed by atoms with van der Waals surface area (Å²) in [5.74, 6) is 1.47. The summed E-state index contributed by atoms with van der Waals surface area (Å²) >= 11 is 0. The fraction of sp³-hybridized carbons (Fsp3) is 0.906. The van der Waals surface area contributed by atoms with E-state index in [1.807, 2.05) is 74.4 Å². The van der Waals surface area contributed by atoms with Crippen LogP contribution in [0.5, 0.6) is 0 Å². The minimum atomic E-state index is -1.07. The fourth-order valence-electron chi connectivity index (χ4n) is 7.71. The monoisotopic (exact) mass is 549 g/mol. The molecule has 0 spiro atoms. The Hall–Kier alpha value is -1.63. The van der Waals surface area contributed by atoms with Crippen LogP contribution >= 0.6 is 0 Å².